The highest BCUT2D eigenvalue weighted by molar-refractivity contribution is 6.74. The topological polar surface area (TPSA) is 64.4 Å². The van der Waals surface area contributed by atoms with Crippen molar-refractivity contribution in [1.29, 1.82) is 0 Å². The number of aromatic carboxylic acids is 1. The second-order valence-electron chi connectivity index (χ2n) is 6.43. The summed E-state index contributed by atoms with van der Waals surface area (Å²) in [5, 5.41) is 9.20. The van der Waals surface area contributed by atoms with E-state index in [4.69, 9.17) is 17.4 Å². The van der Waals surface area contributed by atoms with Crippen LogP contribution < -0.4 is 0 Å². The molecule has 1 aromatic rings. The third kappa shape index (κ3) is 3.32. The molecule has 0 atom stereocenters. The van der Waals surface area contributed by atoms with E-state index in [2.05, 4.69) is 38.8 Å². The van der Waals surface area contributed by atoms with Crippen molar-refractivity contribution in [3.63, 3.8) is 0 Å². The first-order valence-electron chi connectivity index (χ1n) is 6.64. The van der Waals surface area contributed by atoms with Gasteiger partial charge in [0.05, 0.1) is 14.5 Å². The van der Waals surface area contributed by atoms with Crippen LogP contribution in [0, 0.1) is 6.92 Å². The minimum Gasteiger partial charge on any atom is -0.476 e. The van der Waals surface area contributed by atoms with Gasteiger partial charge < -0.3 is 14.1 Å². The molecule has 0 amide bonds. The van der Waals surface area contributed by atoms with Gasteiger partial charge in [-0.15, -0.1) is 0 Å². The number of hydrogen-bond acceptors (Lipinski definition) is 3. The zero-order valence-corrected chi connectivity index (χ0v) is 14.1. The molecule has 0 fully saturated rings. The van der Waals surface area contributed by atoms with Crippen LogP contribution in [0.5, 0.6) is 0 Å². The quantitative estimate of drug-likeness (QED) is 0.848. The average molecular weight is 294 g/mol. The molecule has 0 bridgehead atoms. The second kappa shape index (κ2) is 5.73. The molecule has 1 aromatic heterocycles. The van der Waals surface area contributed by atoms with Crippen LogP contribution in [0.15, 0.2) is 0 Å². The van der Waals surface area contributed by atoms with E-state index in [-0.39, 0.29) is 17.2 Å². The highest BCUT2D eigenvalue weighted by Crippen LogP contribution is 2.37. The van der Waals surface area contributed by atoms with Crippen LogP contribution in [0.3, 0.4) is 0 Å². The Morgan fingerprint density at radius 1 is 1.45 bits per heavy atom. The van der Waals surface area contributed by atoms with Crippen LogP contribution in [0.1, 0.15) is 42.8 Å². The standard InChI is InChI=1S/C13H23BN2O3Si/c1-9-11(12(17)18)15-10(16(9)8-14)7-19-20(5,6)13(2,3)4/h7-8H2,1-6H3,(H,17,18). The second-order valence-corrected chi connectivity index (χ2v) is 11.2. The predicted molar refractivity (Wildman–Crippen MR) is 81.7 cm³/mol. The summed E-state index contributed by atoms with van der Waals surface area (Å²) in [7, 11) is 3.78. The van der Waals surface area contributed by atoms with E-state index in [1.54, 1.807) is 11.5 Å². The first-order valence-corrected chi connectivity index (χ1v) is 9.55. The first kappa shape index (κ1) is 17.0. The summed E-state index contributed by atoms with van der Waals surface area (Å²) >= 11 is 0. The number of carboxylic acid groups (broad SMARTS) is 1. The molecule has 0 unspecified atom stereocenters. The van der Waals surface area contributed by atoms with Gasteiger partial charge in [0.25, 0.3) is 0 Å². The van der Waals surface area contributed by atoms with E-state index >= 15 is 0 Å². The lowest BCUT2D eigenvalue weighted by atomic mass is 10.1. The summed E-state index contributed by atoms with van der Waals surface area (Å²) in [6, 6.07) is 0. The summed E-state index contributed by atoms with van der Waals surface area (Å²) in [4.78, 5) is 15.3. The minimum absolute atomic E-state index is 0.0456. The molecule has 0 saturated heterocycles. The van der Waals surface area contributed by atoms with Crippen molar-refractivity contribution in [1.82, 2.24) is 9.55 Å². The van der Waals surface area contributed by atoms with Gasteiger partial charge in [0, 0.05) is 5.69 Å². The molecule has 110 valence electrons. The third-order valence-electron chi connectivity index (χ3n) is 4.05. The molecule has 0 aliphatic carbocycles. The van der Waals surface area contributed by atoms with E-state index < -0.39 is 14.3 Å². The monoisotopic (exact) mass is 294 g/mol. The summed E-state index contributed by atoms with van der Waals surface area (Å²) in [5.74, 6) is -0.462. The smallest absolute Gasteiger partial charge is 0.356 e. The Labute approximate surface area is 122 Å². The van der Waals surface area contributed by atoms with Gasteiger partial charge in [-0.25, -0.2) is 9.78 Å². The van der Waals surface area contributed by atoms with E-state index in [9.17, 15) is 4.79 Å². The van der Waals surface area contributed by atoms with Crippen molar-refractivity contribution in [3.8, 4) is 0 Å². The van der Waals surface area contributed by atoms with Crippen LogP contribution in [-0.4, -0.2) is 36.8 Å². The maximum atomic E-state index is 11.1. The summed E-state index contributed by atoms with van der Waals surface area (Å²) in [6.07, 6.45) is 0.197. The molecule has 5 nitrogen and oxygen atoms in total. The van der Waals surface area contributed by atoms with Crippen LogP contribution in [0.4, 0.5) is 0 Å². The van der Waals surface area contributed by atoms with Gasteiger partial charge in [0.15, 0.2) is 14.0 Å². The highest BCUT2D eigenvalue weighted by atomic mass is 28.4. The van der Waals surface area contributed by atoms with Crippen LogP contribution in [-0.2, 0) is 17.5 Å². The third-order valence-corrected chi connectivity index (χ3v) is 8.53. The van der Waals surface area contributed by atoms with Crippen LogP contribution >= 0.6 is 0 Å². The molecule has 2 radical (unpaired) electrons. The molecule has 1 heterocycles. The molecular formula is C13H23BN2O3Si. The molecule has 20 heavy (non-hydrogen) atoms. The van der Waals surface area contributed by atoms with Crippen LogP contribution in [0.2, 0.25) is 18.1 Å². The fourth-order valence-electron chi connectivity index (χ4n) is 1.61. The lowest BCUT2D eigenvalue weighted by Crippen LogP contribution is -2.40. The number of rotatable bonds is 5. The Balaban J connectivity index is 2.99. The molecule has 0 aliphatic heterocycles. The zero-order chi connectivity index (χ0) is 15.7. The van der Waals surface area contributed by atoms with Gasteiger partial charge in [-0.1, -0.05) is 20.8 Å². The maximum Gasteiger partial charge on any atom is 0.356 e. The number of carbonyl (C=O) groups is 1. The molecule has 1 N–H and O–H groups in total. The van der Waals surface area contributed by atoms with Gasteiger partial charge in [-0.3, -0.25) is 0 Å². The number of nitrogens with zero attached hydrogens (tertiary/aromatic N) is 2. The zero-order valence-electron chi connectivity index (χ0n) is 13.1. The molecule has 7 heteroatoms. The van der Waals surface area contributed by atoms with Crippen molar-refractivity contribution < 1.29 is 14.3 Å². The molecule has 0 saturated carbocycles. The Morgan fingerprint density at radius 3 is 2.40 bits per heavy atom. The predicted octanol–water partition coefficient (Wildman–Crippen LogP) is 2.54. The van der Waals surface area contributed by atoms with Gasteiger partial charge in [0.1, 0.15) is 5.82 Å². The summed E-state index contributed by atoms with van der Waals surface area (Å²) in [5.41, 5.74) is 0.609. The largest absolute Gasteiger partial charge is 0.476 e. The number of imidazole rings is 1. The SMILES string of the molecule is [B]Cn1c(CO[Si](C)(C)C(C)(C)C)nc(C(=O)O)c1C. The number of hydrogen-bond donors (Lipinski definition) is 1. The van der Waals surface area contributed by atoms with E-state index in [1.807, 2.05) is 0 Å². The fourth-order valence-corrected chi connectivity index (χ4v) is 2.53. The highest BCUT2D eigenvalue weighted by Gasteiger charge is 2.37. The van der Waals surface area contributed by atoms with Crippen molar-refractivity contribution in [2.45, 2.75) is 58.9 Å². The molecule has 0 spiro atoms. The first-order chi connectivity index (χ1) is 9.01. The van der Waals surface area contributed by atoms with Gasteiger partial charge in [-0.05, 0) is 31.5 Å². The fraction of sp³-hybridized carbons (Fsp3) is 0.692. The summed E-state index contributed by atoms with van der Waals surface area (Å²) < 4.78 is 7.77. The van der Waals surface area contributed by atoms with Crippen molar-refractivity contribution in [2.24, 2.45) is 0 Å². The number of aromatic nitrogens is 2. The normalized spacial score (nSPS) is 12.7. The summed E-state index contributed by atoms with van der Waals surface area (Å²) in [6.45, 7) is 12.8. The van der Waals surface area contributed by atoms with Crippen molar-refractivity contribution in [3.05, 3.63) is 17.2 Å². The van der Waals surface area contributed by atoms with Gasteiger partial charge in [-0.2, -0.15) is 0 Å². The van der Waals surface area contributed by atoms with Crippen molar-refractivity contribution >= 4 is 22.1 Å². The molecule has 1 rings (SSSR count). The molecular weight excluding hydrogens is 271 g/mol. The maximum absolute atomic E-state index is 11.1. The minimum atomic E-state index is -1.90. The van der Waals surface area contributed by atoms with E-state index in [0.717, 1.165) is 0 Å². The average Bonchev–Trinajstić information content (AvgIpc) is 2.61. The van der Waals surface area contributed by atoms with Gasteiger partial charge in [0.2, 0.25) is 0 Å². The van der Waals surface area contributed by atoms with Gasteiger partial charge >= 0.3 is 5.97 Å². The Morgan fingerprint density at radius 2 is 2.00 bits per heavy atom. The lowest BCUT2D eigenvalue weighted by molar-refractivity contribution is 0.0690. The van der Waals surface area contributed by atoms with Crippen molar-refractivity contribution in [2.75, 3.05) is 0 Å². The Kier molecular flexibility index (Phi) is 4.86. The Hall–Kier alpha value is -1.08. The lowest BCUT2D eigenvalue weighted by Gasteiger charge is -2.36. The number of carboxylic acids is 1. The van der Waals surface area contributed by atoms with E-state index in [0.29, 0.717) is 18.1 Å². The van der Waals surface area contributed by atoms with Crippen LogP contribution in [0.25, 0.3) is 0 Å². The van der Waals surface area contributed by atoms with E-state index in [1.165, 1.54) is 0 Å². The molecule has 0 aliphatic rings. The molecule has 0 aromatic carbocycles. The Bertz CT molecular complexity index is 506.